The largest absolute Gasteiger partial charge is 0.397 e. The Balaban J connectivity index is 1.92. The zero-order chi connectivity index (χ0) is 13.6. The molecule has 0 unspecified atom stereocenters. The van der Waals surface area contributed by atoms with E-state index in [1.807, 2.05) is 0 Å². The highest BCUT2D eigenvalue weighted by atomic mass is 32.1. The van der Waals surface area contributed by atoms with Crippen LogP contribution in [0, 0.1) is 0 Å². The Morgan fingerprint density at radius 1 is 1.32 bits per heavy atom. The first kappa shape index (κ1) is 12.8. The number of amides is 1. The van der Waals surface area contributed by atoms with Gasteiger partial charge in [-0.05, 0) is 38.0 Å². The maximum Gasteiger partial charge on any atom is 0.265 e. The molecule has 104 valence electrons. The van der Waals surface area contributed by atoms with E-state index in [2.05, 4.69) is 5.32 Å². The second kappa shape index (κ2) is 4.71. The van der Waals surface area contributed by atoms with Gasteiger partial charge in [-0.2, -0.15) is 0 Å². The van der Waals surface area contributed by atoms with Gasteiger partial charge >= 0.3 is 0 Å². The summed E-state index contributed by atoms with van der Waals surface area (Å²) in [6.45, 7) is 0. The summed E-state index contributed by atoms with van der Waals surface area (Å²) in [6.07, 6.45) is 6.18. The summed E-state index contributed by atoms with van der Waals surface area (Å²) >= 11 is 1.54. The summed E-state index contributed by atoms with van der Waals surface area (Å²) in [6, 6.07) is 0.581. The van der Waals surface area contributed by atoms with Gasteiger partial charge in [-0.25, -0.2) is 0 Å². The Morgan fingerprint density at radius 2 is 2.00 bits per heavy atom. The molecule has 2 fully saturated rings. The van der Waals surface area contributed by atoms with Gasteiger partial charge in [0.15, 0.2) is 0 Å². The first-order chi connectivity index (χ1) is 9.08. The topological polar surface area (TPSA) is 58.4 Å². The Labute approximate surface area is 118 Å². The highest BCUT2D eigenvalue weighted by Crippen LogP contribution is 2.51. The summed E-state index contributed by atoms with van der Waals surface area (Å²) in [5.41, 5.74) is 8.17. The third kappa shape index (κ3) is 2.31. The number of nitrogens with zero attached hydrogens (tertiary/aromatic N) is 1. The average molecular weight is 279 g/mol. The third-order valence-corrected chi connectivity index (χ3v) is 5.15. The normalized spacial score (nSPS) is 19.1. The van der Waals surface area contributed by atoms with Crippen molar-refractivity contribution in [2.45, 2.75) is 44.1 Å². The average Bonchev–Trinajstić information content (AvgIpc) is 3.08. The maximum absolute atomic E-state index is 12.2. The molecule has 0 spiro atoms. The molecule has 2 aliphatic rings. The van der Waals surface area contributed by atoms with E-state index in [0.717, 1.165) is 5.00 Å². The maximum atomic E-state index is 12.2. The van der Waals surface area contributed by atoms with Crippen LogP contribution in [0.1, 0.15) is 53.3 Å². The van der Waals surface area contributed by atoms with Crippen LogP contribution in [-0.2, 0) is 0 Å². The Bertz CT molecular complexity index is 501. The number of hydrogen-bond acceptors (Lipinski definition) is 4. The molecule has 2 saturated carbocycles. The lowest BCUT2D eigenvalue weighted by molar-refractivity contribution is 0.0833. The van der Waals surface area contributed by atoms with E-state index in [0.29, 0.717) is 22.5 Å². The summed E-state index contributed by atoms with van der Waals surface area (Å²) in [7, 11) is 3.55. The van der Waals surface area contributed by atoms with Crippen molar-refractivity contribution in [2.75, 3.05) is 25.1 Å². The molecule has 3 N–H and O–H groups in total. The molecule has 19 heavy (non-hydrogen) atoms. The van der Waals surface area contributed by atoms with Crippen LogP contribution >= 0.6 is 11.3 Å². The van der Waals surface area contributed by atoms with Gasteiger partial charge < -0.3 is 16.0 Å². The van der Waals surface area contributed by atoms with Crippen molar-refractivity contribution in [1.29, 1.82) is 0 Å². The van der Waals surface area contributed by atoms with Crippen molar-refractivity contribution in [3.63, 3.8) is 0 Å². The van der Waals surface area contributed by atoms with Crippen LogP contribution in [0.4, 0.5) is 10.7 Å². The minimum Gasteiger partial charge on any atom is -0.397 e. The summed E-state index contributed by atoms with van der Waals surface area (Å²) in [5, 5.41) is 4.74. The van der Waals surface area contributed by atoms with E-state index in [9.17, 15) is 4.79 Å². The lowest BCUT2D eigenvalue weighted by atomic mass is 9.93. The minimum absolute atomic E-state index is 0.0195. The highest BCUT2D eigenvalue weighted by molar-refractivity contribution is 7.18. The molecule has 0 bridgehead atoms. The molecule has 1 aromatic rings. The highest BCUT2D eigenvalue weighted by Gasteiger charge is 2.34. The zero-order valence-corrected chi connectivity index (χ0v) is 12.3. The van der Waals surface area contributed by atoms with E-state index in [1.165, 1.54) is 37.7 Å². The van der Waals surface area contributed by atoms with E-state index >= 15 is 0 Å². The first-order valence-corrected chi connectivity index (χ1v) is 7.80. The molecule has 3 rings (SSSR count). The van der Waals surface area contributed by atoms with Crippen LogP contribution in [-0.4, -0.2) is 30.9 Å². The lowest BCUT2D eigenvalue weighted by Gasteiger charge is -2.27. The fraction of sp³-hybridized carbons (Fsp3) is 0.643. The number of rotatable bonds is 4. The van der Waals surface area contributed by atoms with Crippen molar-refractivity contribution in [3.05, 3.63) is 10.4 Å². The minimum atomic E-state index is 0.0195. The number of carbonyl (C=O) groups is 1. The molecular formula is C14H21N3OS. The number of hydrogen-bond donors (Lipinski definition) is 2. The first-order valence-electron chi connectivity index (χ1n) is 6.98. The van der Waals surface area contributed by atoms with Crippen molar-refractivity contribution in [3.8, 4) is 0 Å². The van der Waals surface area contributed by atoms with Gasteiger partial charge in [0.1, 0.15) is 4.88 Å². The molecule has 0 aromatic carbocycles. The molecule has 5 heteroatoms. The van der Waals surface area contributed by atoms with E-state index in [-0.39, 0.29) is 5.91 Å². The van der Waals surface area contributed by atoms with Crippen molar-refractivity contribution in [2.24, 2.45) is 0 Å². The fourth-order valence-corrected chi connectivity index (χ4v) is 3.75. The smallest absolute Gasteiger partial charge is 0.265 e. The Hall–Kier alpha value is -1.23. The summed E-state index contributed by atoms with van der Waals surface area (Å²) in [4.78, 5) is 14.5. The van der Waals surface area contributed by atoms with Crippen LogP contribution in [0.2, 0.25) is 0 Å². The molecule has 4 nitrogen and oxygen atoms in total. The number of nitrogens with two attached hydrogens (primary N) is 1. The van der Waals surface area contributed by atoms with Gasteiger partial charge in [0.05, 0.1) is 10.7 Å². The molecule has 0 radical (unpaired) electrons. The second-order valence-electron chi connectivity index (χ2n) is 5.83. The third-order valence-electron chi connectivity index (χ3n) is 4.01. The number of carbonyl (C=O) groups excluding carboxylic acids is 1. The molecule has 0 aliphatic heterocycles. The van der Waals surface area contributed by atoms with Gasteiger partial charge in [0.25, 0.3) is 5.91 Å². The zero-order valence-electron chi connectivity index (χ0n) is 11.5. The molecule has 0 atom stereocenters. The second-order valence-corrected chi connectivity index (χ2v) is 6.85. The molecular weight excluding hydrogens is 258 g/mol. The van der Waals surface area contributed by atoms with Crippen molar-refractivity contribution < 1.29 is 4.79 Å². The number of nitrogens with one attached hydrogen (secondary N) is 1. The quantitative estimate of drug-likeness (QED) is 0.891. The van der Waals surface area contributed by atoms with E-state index in [4.69, 9.17) is 5.73 Å². The Kier molecular flexibility index (Phi) is 3.17. The van der Waals surface area contributed by atoms with E-state index in [1.54, 1.807) is 30.3 Å². The van der Waals surface area contributed by atoms with E-state index < -0.39 is 0 Å². The predicted octanol–water partition coefficient (Wildman–Crippen LogP) is 2.87. The Morgan fingerprint density at radius 3 is 2.47 bits per heavy atom. The molecule has 1 heterocycles. The standard InChI is InChI=1S/C14H21N3OS/c1-17(2)14(18)12-11(15)10(8-6-7-8)13(19-12)16-9-4-3-5-9/h8-9,16H,3-7,15H2,1-2H3. The molecule has 1 amide bonds. The van der Waals surface area contributed by atoms with Crippen LogP contribution in [0.25, 0.3) is 0 Å². The number of thiophene rings is 1. The monoisotopic (exact) mass is 279 g/mol. The van der Waals surface area contributed by atoms with Gasteiger partial charge in [-0.15, -0.1) is 11.3 Å². The fourth-order valence-electron chi connectivity index (χ4n) is 2.44. The van der Waals surface area contributed by atoms with Crippen LogP contribution < -0.4 is 11.1 Å². The number of nitrogen functional groups attached to an aromatic ring is 1. The SMILES string of the molecule is CN(C)C(=O)c1sc(NC2CCC2)c(C2CC2)c1N. The van der Waals surface area contributed by atoms with Gasteiger partial charge in [0, 0.05) is 25.7 Å². The molecule has 1 aromatic heterocycles. The van der Waals surface area contributed by atoms with Gasteiger partial charge in [-0.3, -0.25) is 4.79 Å². The molecule has 2 aliphatic carbocycles. The van der Waals surface area contributed by atoms with Gasteiger partial charge in [-0.1, -0.05) is 0 Å². The predicted molar refractivity (Wildman–Crippen MR) is 80.0 cm³/mol. The summed E-state index contributed by atoms with van der Waals surface area (Å²) < 4.78 is 0. The van der Waals surface area contributed by atoms with Gasteiger partial charge in [0.2, 0.25) is 0 Å². The lowest BCUT2D eigenvalue weighted by Crippen LogP contribution is -2.26. The van der Waals surface area contributed by atoms with Crippen LogP contribution in [0.15, 0.2) is 0 Å². The van der Waals surface area contributed by atoms with Crippen molar-refractivity contribution >= 4 is 27.9 Å². The summed E-state index contributed by atoms with van der Waals surface area (Å²) in [5.74, 6) is 0.591. The van der Waals surface area contributed by atoms with Crippen LogP contribution in [0.3, 0.4) is 0 Å². The van der Waals surface area contributed by atoms with Crippen molar-refractivity contribution in [1.82, 2.24) is 4.90 Å². The number of anilines is 2. The van der Waals surface area contributed by atoms with Crippen LogP contribution in [0.5, 0.6) is 0 Å². The molecule has 0 saturated heterocycles.